The molecule has 15 heavy (non-hydrogen) atoms. The summed E-state index contributed by atoms with van der Waals surface area (Å²) < 4.78 is 15.2. The van der Waals surface area contributed by atoms with E-state index in [0.717, 1.165) is 25.3 Å². The van der Waals surface area contributed by atoms with Gasteiger partial charge in [0.1, 0.15) is 0 Å². The van der Waals surface area contributed by atoms with Crippen LogP contribution in [-0.4, -0.2) is 35.8 Å². The van der Waals surface area contributed by atoms with Gasteiger partial charge in [-0.25, -0.2) is 0 Å². The number of nitrogens with one attached hydrogen (secondary N) is 1. The van der Waals surface area contributed by atoms with Crippen LogP contribution in [-0.2, 0) is 4.18 Å². The normalized spacial score (nSPS) is 16.5. The van der Waals surface area contributed by atoms with Crippen molar-refractivity contribution in [1.29, 1.82) is 0 Å². The average Bonchev–Trinajstić information content (AvgIpc) is 2.26. The molecule has 0 aromatic rings. The Balaban J connectivity index is 0. The van der Waals surface area contributed by atoms with E-state index in [0.29, 0.717) is 0 Å². The molecule has 96 valence electrons. The molecule has 0 aromatic carbocycles. The zero-order chi connectivity index (χ0) is 12.3. The fraction of sp³-hybridized carbons (Fsp3) is 1.00. The Kier molecular flexibility index (Phi) is 12.6. The van der Waals surface area contributed by atoms with E-state index in [-0.39, 0.29) is 5.25 Å². The number of hydrogen-bond acceptors (Lipinski definition) is 3. The summed E-state index contributed by atoms with van der Waals surface area (Å²) in [6, 6.07) is 0. The summed E-state index contributed by atoms with van der Waals surface area (Å²) in [4.78, 5) is 0. The summed E-state index contributed by atoms with van der Waals surface area (Å²) in [6.07, 6.45) is 0.978. The summed E-state index contributed by atoms with van der Waals surface area (Å²) >= 11 is 0. The summed E-state index contributed by atoms with van der Waals surface area (Å²) in [5, 5.41) is 3.45. The van der Waals surface area contributed by atoms with E-state index in [4.69, 9.17) is 4.18 Å². The van der Waals surface area contributed by atoms with Gasteiger partial charge in [0.2, 0.25) is 0 Å². The van der Waals surface area contributed by atoms with Crippen LogP contribution >= 0.6 is 10.6 Å². The molecule has 0 radical (unpaired) electrons. The molecule has 0 saturated heterocycles. The van der Waals surface area contributed by atoms with Crippen molar-refractivity contribution >= 4 is 10.6 Å². The molecule has 0 saturated carbocycles. The second-order valence-corrected chi connectivity index (χ2v) is 6.38. The van der Waals surface area contributed by atoms with E-state index in [1.807, 2.05) is 27.7 Å². The van der Waals surface area contributed by atoms with Crippen LogP contribution in [0.3, 0.4) is 0 Å². The van der Waals surface area contributed by atoms with Crippen molar-refractivity contribution in [2.45, 2.75) is 46.3 Å². The van der Waals surface area contributed by atoms with Gasteiger partial charge in [-0.2, -0.15) is 10.6 Å². The highest BCUT2D eigenvalue weighted by molar-refractivity contribution is 8.25. The lowest BCUT2D eigenvalue weighted by molar-refractivity contribution is 0.387. The summed E-state index contributed by atoms with van der Waals surface area (Å²) in [7, 11) is -0.214. The fourth-order valence-corrected chi connectivity index (χ4v) is 2.67. The van der Waals surface area contributed by atoms with Crippen molar-refractivity contribution in [3.05, 3.63) is 0 Å². The zero-order valence-corrected chi connectivity index (χ0v) is 12.0. The summed E-state index contributed by atoms with van der Waals surface area (Å²) in [5.74, 6) is 0.772. The Labute approximate surface area is 97.3 Å². The minimum Gasteiger partial charge on any atom is -0.317 e. The van der Waals surface area contributed by atoms with E-state index in [1.165, 1.54) is 0 Å². The van der Waals surface area contributed by atoms with Gasteiger partial charge >= 0.3 is 0 Å². The highest BCUT2D eigenvalue weighted by Crippen LogP contribution is 2.48. The molecule has 2 N–H and O–H groups in total. The largest absolute Gasteiger partial charge is 0.317 e. The van der Waals surface area contributed by atoms with E-state index in [9.17, 15) is 4.55 Å². The van der Waals surface area contributed by atoms with Gasteiger partial charge in [-0.1, -0.05) is 20.8 Å². The molecule has 0 bridgehead atoms. The van der Waals surface area contributed by atoms with Crippen molar-refractivity contribution in [2.24, 2.45) is 0 Å². The predicted molar refractivity (Wildman–Crippen MR) is 71.7 cm³/mol. The Morgan fingerprint density at radius 2 is 1.87 bits per heavy atom. The summed E-state index contributed by atoms with van der Waals surface area (Å²) in [6.45, 7) is 12.0. The van der Waals surface area contributed by atoms with Crippen LogP contribution in [0.5, 0.6) is 0 Å². The van der Waals surface area contributed by atoms with Gasteiger partial charge in [-0.15, -0.1) is 0 Å². The minimum absolute atomic E-state index is 0.221. The monoisotopic (exact) mass is 239 g/mol. The minimum atomic E-state index is -1.81. The molecular formula is C11H29NO2S. The topological polar surface area (TPSA) is 41.5 Å². The van der Waals surface area contributed by atoms with Gasteiger partial charge < -0.3 is 5.32 Å². The first-order valence-electron chi connectivity index (χ1n) is 5.85. The smallest absolute Gasteiger partial charge is 0.0604 e. The molecule has 0 rings (SSSR count). The van der Waals surface area contributed by atoms with Crippen molar-refractivity contribution in [3.8, 4) is 0 Å². The quantitative estimate of drug-likeness (QED) is 0.670. The fourth-order valence-electron chi connectivity index (χ4n) is 1.09. The maximum Gasteiger partial charge on any atom is 0.0604 e. The van der Waals surface area contributed by atoms with Gasteiger partial charge in [0, 0.05) is 11.0 Å². The maximum atomic E-state index is 10.0. The van der Waals surface area contributed by atoms with Crippen molar-refractivity contribution in [2.75, 3.05) is 26.0 Å². The molecule has 0 heterocycles. The second-order valence-electron chi connectivity index (χ2n) is 3.32. The SMILES string of the molecule is CC.CCNCCCS(O)(OC)C(C)C. The van der Waals surface area contributed by atoms with E-state index < -0.39 is 10.6 Å². The molecule has 0 aliphatic carbocycles. The highest BCUT2D eigenvalue weighted by Gasteiger charge is 2.19. The first kappa shape index (κ1) is 17.6. The predicted octanol–water partition coefficient (Wildman–Crippen LogP) is 3.26. The highest BCUT2D eigenvalue weighted by atomic mass is 32.3. The third-order valence-electron chi connectivity index (χ3n) is 2.07. The zero-order valence-electron chi connectivity index (χ0n) is 11.2. The molecule has 1 atom stereocenters. The van der Waals surface area contributed by atoms with Crippen LogP contribution in [0, 0.1) is 0 Å². The van der Waals surface area contributed by atoms with Gasteiger partial charge in [-0.05, 0) is 33.4 Å². The van der Waals surface area contributed by atoms with E-state index in [1.54, 1.807) is 7.11 Å². The van der Waals surface area contributed by atoms with Crippen LogP contribution in [0.1, 0.15) is 41.0 Å². The molecule has 0 aliphatic heterocycles. The van der Waals surface area contributed by atoms with Crippen molar-refractivity contribution in [3.63, 3.8) is 0 Å². The van der Waals surface area contributed by atoms with Crippen LogP contribution in [0.15, 0.2) is 0 Å². The second kappa shape index (κ2) is 10.7. The average molecular weight is 239 g/mol. The van der Waals surface area contributed by atoms with E-state index >= 15 is 0 Å². The first-order chi connectivity index (χ1) is 7.06. The van der Waals surface area contributed by atoms with Gasteiger partial charge in [-0.3, -0.25) is 8.74 Å². The lowest BCUT2D eigenvalue weighted by atomic mass is 10.5. The maximum absolute atomic E-state index is 10.0. The lowest BCUT2D eigenvalue weighted by Gasteiger charge is -2.40. The summed E-state index contributed by atoms with van der Waals surface area (Å²) in [5.41, 5.74) is 0. The number of hydrogen-bond donors (Lipinski definition) is 2. The van der Waals surface area contributed by atoms with Crippen LogP contribution in [0.2, 0.25) is 0 Å². The Morgan fingerprint density at radius 3 is 2.20 bits per heavy atom. The Bertz CT molecular complexity index is 134. The van der Waals surface area contributed by atoms with Gasteiger partial charge in [0.15, 0.2) is 0 Å². The molecule has 0 aliphatic rings. The molecule has 0 aromatic heterocycles. The molecule has 0 amide bonds. The third kappa shape index (κ3) is 8.08. The Morgan fingerprint density at radius 1 is 1.33 bits per heavy atom. The third-order valence-corrected chi connectivity index (χ3v) is 4.99. The van der Waals surface area contributed by atoms with Crippen molar-refractivity contribution in [1.82, 2.24) is 5.32 Å². The molecule has 3 nitrogen and oxygen atoms in total. The van der Waals surface area contributed by atoms with Crippen LogP contribution in [0.25, 0.3) is 0 Å². The standard InChI is InChI=1S/C9H23NO2S.C2H6/c1-5-10-7-6-8-13(11,12-4)9(2)3;1-2/h9-11H,5-8H2,1-4H3;1-2H3. The van der Waals surface area contributed by atoms with E-state index in [2.05, 4.69) is 12.2 Å². The molecule has 0 fully saturated rings. The molecule has 0 spiro atoms. The van der Waals surface area contributed by atoms with Crippen LogP contribution < -0.4 is 5.32 Å². The van der Waals surface area contributed by atoms with Gasteiger partial charge in [0.25, 0.3) is 0 Å². The first-order valence-corrected chi connectivity index (χ1v) is 7.60. The lowest BCUT2D eigenvalue weighted by Crippen LogP contribution is -2.21. The molecule has 1 unspecified atom stereocenters. The molecule has 4 heteroatoms. The number of rotatable bonds is 7. The Hall–Kier alpha value is 0.230. The van der Waals surface area contributed by atoms with Crippen LogP contribution in [0.4, 0.5) is 0 Å². The van der Waals surface area contributed by atoms with Gasteiger partial charge in [0.05, 0.1) is 7.11 Å². The van der Waals surface area contributed by atoms with Crippen molar-refractivity contribution < 1.29 is 8.74 Å². The molecular weight excluding hydrogens is 210 g/mol.